The highest BCUT2D eigenvalue weighted by molar-refractivity contribution is 5.69. The molecule has 15 heavy (non-hydrogen) atoms. The van der Waals surface area contributed by atoms with Crippen LogP contribution >= 0.6 is 0 Å². The van der Waals surface area contributed by atoms with Gasteiger partial charge in [0.1, 0.15) is 6.61 Å². The van der Waals surface area contributed by atoms with E-state index >= 15 is 0 Å². The van der Waals surface area contributed by atoms with Crippen LogP contribution in [-0.4, -0.2) is 23.8 Å². The van der Waals surface area contributed by atoms with Gasteiger partial charge in [0.2, 0.25) is 0 Å². The summed E-state index contributed by atoms with van der Waals surface area (Å²) in [5, 5.41) is 9.49. The lowest BCUT2D eigenvalue weighted by Gasteiger charge is -2.10. The molecule has 0 aromatic carbocycles. The Labute approximate surface area is 92.8 Å². The molecule has 0 aliphatic heterocycles. The van der Waals surface area contributed by atoms with Crippen LogP contribution in [0.5, 0.6) is 0 Å². The smallest absolute Gasteiger partial charge is 0.305 e. The van der Waals surface area contributed by atoms with E-state index in [1.807, 2.05) is 6.92 Å². The van der Waals surface area contributed by atoms with Crippen LogP contribution in [0.3, 0.4) is 0 Å². The van der Waals surface area contributed by atoms with E-state index in [9.17, 15) is 9.90 Å². The highest BCUT2D eigenvalue weighted by Crippen LogP contribution is 2.06. The first-order chi connectivity index (χ1) is 7.20. The van der Waals surface area contributed by atoms with Crippen LogP contribution < -0.4 is 0 Å². The maximum absolute atomic E-state index is 11.0. The van der Waals surface area contributed by atoms with Crippen molar-refractivity contribution in [1.29, 1.82) is 0 Å². The van der Waals surface area contributed by atoms with Crippen LogP contribution in [0.2, 0.25) is 0 Å². The van der Waals surface area contributed by atoms with Crippen LogP contribution in [-0.2, 0) is 9.53 Å². The van der Waals surface area contributed by atoms with Crippen molar-refractivity contribution < 1.29 is 14.6 Å². The number of carbonyl (C=O) groups is 1. The van der Waals surface area contributed by atoms with Crippen molar-refractivity contribution in [3.8, 4) is 0 Å². The summed E-state index contributed by atoms with van der Waals surface area (Å²) in [6.07, 6.45) is 6.07. The first-order valence-electron chi connectivity index (χ1n) is 6.04. The standard InChI is InChI=1S/C12H24O3/c1-3-5-6-7-9-11(13)10-15-12(14)8-4-2/h11,13H,3-10H2,1-2H3. The van der Waals surface area contributed by atoms with Crippen LogP contribution in [0.25, 0.3) is 0 Å². The van der Waals surface area contributed by atoms with Crippen LogP contribution in [0.1, 0.15) is 58.8 Å². The molecule has 1 unspecified atom stereocenters. The number of carbonyl (C=O) groups excluding carboxylic acids is 1. The SMILES string of the molecule is CCCCCCC(O)COC(=O)CCC. The lowest BCUT2D eigenvalue weighted by molar-refractivity contribution is -0.146. The molecule has 90 valence electrons. The summed E-state index contributed by atoms with van der Waals surface area (Å²) in [7, 11) is 0. The number of unbranched alkanes of at least 4 members (excludes halogenated alkanes) is 3. The topological polar surface area (TPSA) is 46.5 Å². The van der Waals surface area contributed by atoms with Crippen LogP contribution in [0.15, 0.2) is 0 Å². The van der Waals surface area contributed by atoms with Gasteiger partial charge in [0.25, 0.3) is 0 Å². The summed E-state index contributed by atoms with van der Waals surface area (Å²) >= 11 is 0. The summed E-state index contributed by atoms with van der Waals surface area (Å²) in [5.41, 5.74) is 0. The number of esters is 1. The first kappa shape index (κ1) is 14.4. The molecule has 0 fully saturated rings. The number of ether oxygens (including phenoxy) is 1. The molecule has 0 bridgehead atoms. The van der Waals surface area contributed by atoms with Gasteiger partial charge in [-0.15, -0.1) is 0 Å². The fourth-order valence-corrected chi connectivity index (χ4v) is 1.36. The van der Waals surface area contributed by atoms with Crippen molar-refractivity contribution in [3.63, 3.8) is 0 Å². The Hall–Kier alpha value is -0.570. The van der Waals surface area contributed by atoms with Gasteiger partial charge in [-0.05, 0) is 12.8 Å². The van der Waals surface area contributed by atoms with Crippen molar-refractivity contribution in [3.05, 3.63) is 0 Å². The molecule has 3 heteroatoms. The Morgan fingerprint density at radius 3 is 2.53 bits per heavy atom. The molecule has 1 atom stereocenters. The fourth-order valence-electron chi connectivity index (χ4n) is 1.36. The third-order valence-electron chi connectivity index (χ3n) is 2.28. The van der Waals surface area contributed by atoms with Crippen molar-refractivity contribution in [2.75, 3.05) is 6.61 Å². The lowest BCUT2D eigenvalue weighted by atomic mass is 10.1. The molecule has 0 heterocycles. The Kier molecular flexibility index (Phi) is 9.59. The van der Waals surface area contributed by atoms with Crippen molar-refractivity contribution in [2.24, 2.45) is 0 Å². The minimum Gasteiger partial charge on any atom is -0.463 e. The second-order valence-corrected chi connectivity index (χ2v) is 3.94. The molecule has 0 aliphatic carbocycles. The Balaban J connectivity index is 3.32. The second-order valence-electron chi connectivity index (χ2n) is 3.94. The Morgan fingerprint density at radius 2 is 1.93 bits per heavy atom. The largest absolute Gasteiger partial charge is 0.463 e. The van der Waals surface area contributed by atoms with Crippen molar-refractivity contribution in [2.45, 2.75) is 64.9 Å². The summed E-state index contributed by atoms with van der Waals surface area (Å²) in [6.45, 7) is 4.25. The van der Waals surface area contributed by atoms with Gasteiger partial charge < -0.3 is 9.84 Å². The third kappa shape index (κ3) is 9.73. The molecule has 0 saturated heterocycles. The Bertz CT molecular complexity index is 157. The number of aliphatic hydroxyl groups is 1. The summed E-state index contributed by atoms with van der Waals surface area (Å²) in [6, 6.07) is 0. The van der Waals surface area contributed by atoms with Crippen LogP contribution in [0.4, 0.5) is 0 Å². The molecule has 0 saturated carbocycles. The zero-order valence-corrected chi connectivity index (χ0v) is 10.00. The minimum atomic E-state index is -0.484. The zero-order valence-electron chi connectivity index (χ0n) is 10.00. The minimum absolute atomic E-state index is 0.158. The number of hydrogen-bond donors (Lipinski definition) is 1. The quantitative estimate of drug-likeness (QED) is 0.476. The van der Waals surface area contributed by atoms with E-state index in [1.54, 1.807) is 0 Å². The second kappa shape index (κ2) is 9.97. The van der Waals surface area contributed by atoms with E-state index < -0.39 is 6.10 Å². The maximum atomic E-state index is 11.0. The van der Waals surface area contributed by atoms with Gasteiger partial charge in [-0.1, -0.05) is 39.5 Å². The monoisotopic (exact) mass is 216 g/mol. The normalized spacial score (nSPS) is 12.5. The molecule has 0 amide bonds. The van der Waals surface area contributed by atoms with E-state index in [-0.39, 0.29) is 12.6 Å². The van der Waals surface area contributed by atoms with E-state index in [2.05, 4.69) is 6.92 Å². The molecule has 3 nitrogen and oxygen atoms in total. The van der Waals surface area contributed by atoms with Gasteiger partial charge in [0.15, 0.2) is 0 Å². The highest BCUT2D eigenvalue weighted by atomic mass is 16.5. The van der Waals surface area contributed by atoms with E-state index in [4.69, 9.17) is 4.74 Å². The summed E-state index contributed by atoms with van der Waals surface area (Å²) in [5.74, 6) is -0.204. The van der Waals surface area contributed by atoms with Gasteiger partial charge in [-0.3, -0.25) is 4.79 Å². The third-order valence-corrected chi connectivity index (χ3v) is 2.28. The average molecular weight is 216 g/mol. The van der Waals surface area contributed by atoms with E-state index in [1.165, 1.54) is 12.8 Å². The van der Waals surface area contributed by atoms with Crippen molar-refractivity contribution >= 4 is 5.97 Å². The maximum Gasteiger partial charge on any atom is 0.305 e. The predicted molar refractivity (Wildman–Crippen MR) is 60.6 cm³/mol. The highest BCUT2D eigenvalue weighted by Gasteiger charge is 2.07. The number of aliphatic hydroxyl groups excluding tert-OH is 1. The summed E-state index contributed by atoms with van der Waals surface area (Å²) < 4.78 is 4.91. The molecule has 0 rings (SSSR count). The molecular weight excluding hydrogens is 192 g/mol. The zero-order chi connectivity index (χ0) is 11.5. The fraction of sp³-hybridized carbons (Fsp3) is 0.917. The van der Waals surface area contributed by atoms with E-state index in [0.717, 1.165) is 25.7 Å². The lowest BCUT2D eigenvalue weighted by Crippen LogP contribution is -2.18. The van der Waals surface area contributed by atoms with Gasteiger partial charge >= 0.3 is 5.97 Å². The molecule has 0 aliphatic rings. The molecule has 0 aromatic rings. The Morgan fingerprint density at radius 1 is 1.20 bits per heavy atom. The van der Waals surface area contributed by atoms with Crippen molar-refractivity contribution in [1.82, 2.24) is 0 Å². The molecule has 0 radical (unpaired) electrons. The molecule has 0 spiro atoms. The van der Waals surface area contributed by atoms with Crippen LogP contribution in [0, 0.1) is 0 Å². The number of hydrogen-bond acceptors (Lipinski definition) is 3. The van der Waals surface area contributed by atoms with E-state index in [0.29, 0.717) is 6.42 Å². The van der Waals surface area contributed by atoms with Gasteiger partial charge in [-0.25, -0.2) is 0 Å². The predicted octanol–water partition coefficient (Wildman–Crippen LogP) is 2.66. The molecule has 1 N–H and O–H groups in total. The number of rotatable bonds is 9. The summed E-state index contributed by atoms with van der Waals surface area (Å²) in [4.78, 5) is 11.0. The molecule has 0 aromatic heterocycles. The van der Waals surface area contributed by atoms with Gasteiger partial charge in [0.05, 0.1) is 6.10 Å². The van der Waals surface area contributed by atoms with Gasteiger partial charge in [-0.2, -0.15) is 0 Å². The first-order valence-corrected chi connectivity index (χ1v) is 6.04. The average Bonchev–Trinajstić information content (AvgIpc) is 2.22. The van der Waals surface area contributed by atoms with Gasteiger partial charge in [0, 0.05) is 6.42 Å². The molecular formula is C12H24O3.